The predicted octanol–water partition coefficient (Wildman–Crippen LogP) is 4.40. The van der Waals surface area contributed by atoms with Crippen LogP contribution in [0.25, 0.3) is 0 Å². The minimum atomic E-state index is -3.79. The molecule has 1 saturated heterocycles. The second kappa shape index (κ2) is 9.01. The van der Waals surface area contributed by atoms with Crippen molar-refractivity contribution >= 4 is 33.4 Å². The molecule has 0 bridgehead atoms. The first-order valence-electron chi connectivity index (χ1n) is 9.54. The van der Waals surface area contributed by atoms with Crippen LogP contribution < -0.4 is 4.72 Å². The fourth-order valence-electron chi connectivity index (χ4n) is 3.42. The van der Waals surface area contributed by atoms with Crippen LogP contribution in [0.2, 0.25) is 0 Å². The zero-order valence-corrected chi connectivity index (χ0v) is 17.9. The van der Waals surface area contributed by atoms with Crippen LogP contribution in [-0.2, 0) is 16.4 Å². The van der Waals surface area contributed by atoms with Crippen LogP contribution in [0.4, 0.5) is 5.69 Å². The van der Waals surface area contributed by atoms with Crippen molar-refractivity contribution in [1.82, 2.24) is 4.90 Å². The van der Waals surface area contributed by atoms with Crippen molar-refractivity contribution in [3.63, 3.8) is 0 Å². The van der Waals surface area contributed by atoms with Crippen molar-refractivity contribution < 1.29 is 13.2 Å². The number of carbonyl (C=O) groups is 1. The molecule has 1 fully saturated rings. The Balaban J connectivity index is 1.94. The number of aryl methyl sites for hydroxylation is 1. The Morgan fingerprint density at radius 3 is 2.50 bits per heavy atom. The highest BCUT2D eigenvalue weighted by Gasteiger charge is 2.24. The molecule has 1 N–H and O–H groups in total. The first-order chi connectivity index (χ1) is 13.5. The molecule has 0 atom stereocenters. The molecule has 1 heterocycles. The Bertz CT molecular complexity index is 952. The molecule has 0 aliphatic carbocycles. The number of benzene rings is 2. The fraction of sp³-hybridized carbons (Fsp3) is 0.381. The maximum absolute atomic E-state index is 13.0. The van der Waals surface area contributed by atoms with Gasteiger partial charge in [0.1, 0.15) is 0 Å². The normalized spacial score (nSPS) is 14.7. The summed E-state index contributed by atoms with van der Waals surface area (Å²) in [4.78, 5) is 15.7. The van der Waals surface area contributed by atoms with E-state index in [1.54, 1.807) is 24.3 Å². The van der Waals surface area contributed by atoms with Crippen molar-refractivity contribution in [3.8, 4) is 0 Å². The van der Waals surface area contributed by atoms with E-state index in [4.69, 9.17) is 0 Å². The average molecular weight is 419 g/mol. The summed E-state index contributed by atoms with van der Waals surface area (Å²) < 4.78 is 28.6. The number of para-hydroxylation sites is 1. The minimum absolute atomic E-state index is 0.0879. The summed E-state index contributed by atoms with van der Waals surface area (Å²) >= 11 is 1.45. The lowest BCUT2D eigenvalue weighted by atomic mass is 10.1. The van der Waals surface area contributed by atoms with Gasteiger partial charge in [0, 0.05) is 18.0 Å². The number of amides is 1. The van der Waals surface area contributed by atoms with E-state index in [2.05, 4.69) is 4.72 Å². The molecule has 7 heteroatoms. The Labute approximate surface area is 171 Å². The number of nitrogens with zero attached hydrogens (tertiary/aromatic N) is 1. The zero-order valence-electron chi connectivity index (χ0n) is 16.3. The molecule has 1 amide bonds. The molecule has 0 spiro atoms. The van der Waals surface area contributed by atoms with Crippen LogP contribution in [0.5, 0.6) is 0 Å². The smallest absolute Gasteiger partial charge is 0.261 e. The van der Waals surface area contributed by atoms with E-state index in [0.717, 1.165) is 49.2 Å². The summed E-state index contributed by atoms with van der Waals surface area (Å²) in [5.41, 5.74) is 1.96. The maximum Gasteiger partial charge on any atom is 0.261 e. The lowest BCUT2D eigenvalue weighted by Crippen LogP contribution is -2.36. The molecule has 0 radical (unpaired) electrons. The lowest BCUT2D eigenvalue weighted by molar-refractivity contribution is 0.0720. The fourth-order valence-corrected chi connectivity index (χ4v) is 5.12. The van der Waals surface area contributed by atoms with Crippen molar-refractivity contribution in [1.29, 1.82) is 0 Å². The van der Waals surface area contributed by atoms with Crippen molar-refractivity contribution in [3.05, 3.63) is 53.6 Å². The van der Waals surface area contributed by atoms with E-state index in [1.165, 1.54) is 17.8 Å². The van der Waals surface area contributed by atoms with Gasteiger partial charge in [-0.05, 0) is 61.8 Å². The molecule has 3 rings (SSSR count). The van der Waals surface area contributed by atoms with Crippen molar-refractivity contribution in [2.45, 2.75) is 42.4 Å². The van der Waals surface area contributed by atoms with Gasteiger partial charge in [-0.2, -0.15) is 0 Å². The van der Waals surface area contributed by atoms with Crippen LogP contribution in [0.15, 0.2) is 52.3 Å². The van der Waals surface area contributed by atoms with Gasteiger partial charge in [0.15, 0.2) is 0 Å². The highest BCUT2D eigenvalue weighted by molar-refractivity contribution is 7.98. The van der Waals surface area contributed by atoms with Gasteiger partial charge in [-0.3, -0.25) is 9.52 Å². The Hall–Kier alpha value is -1.99. The Morgan fingerprint density at radius 2 is 1.82 bits per heavy atom. The summed E-state index contributed by atoms with van der Waals surface area (Å²) in [6.45, 7) is 3.44. The Kier molecular flexibility index (Phi) is 6.67. The predicted molar refractivity (Wildman–Crippen MR) is 115 cm³/mol. The monoisotopic (exact) mass is 418 g/mol. The van der Waals surface area contributed by atoms with Crippen LogP contribution in [-0.4, -0.2) is 38.6 Å². The van der Waals surface area contributed by atoms with Gasteiger partial charge >= 0.3 is 0 Å². The van der Waals surface area contributed by atoms with Crippen molar-refractivity contribution in [2.75, 3.05) is 24.1 Å². The average Bonchev–Trinajstić information content (AvgIpc) is 2.73. The Morgan fingerprint density at radius 1 is 1.11 bits per heavy atom. The molecular weight excluding hydrogens is 392 g/mol. The number of hydrogen-bond acceptors (Lipinski definition) is 4. The third-order valence-electron chi connectivity index (χ3n) is 5.00. The summed E-state index contributed by atoms with van der Waals surface area (Å²) in [6, 6.07) is 12.2. The molecule has 150 valence electrons. The van der Waals surface area contributed by atoms with Gasteiger partial charge in [-0.1, -0.05) is 25.1 Å². The van der Waals surface area contributed by atoms with E-state index >= 15 is 0 Å². The number of rotatable bonds is 6. The molecule has 0 unspecified atom stereocenters. The summed E-state index contributed by atoms with van der Waals surface area (Å²) in [7, 11) is -3.79. The van der Waals surface area contributed by atoms with E-state index in [-0.39, 0.29) is 10.8 Å². The van der Waals surface area contributed by atoms with Gasteiger partial charge in [-0.15, -0.1) is 11.8 Å². The summed E-state index contributed by atoms with van der Waals surface area (Å²) in [5.74, 6) is -0.0879. The number of sulfonamides is 1. The van der Waals surface area contributed by atoms with Crippen LogP contribution in [0.3, 0.4) is 0 Å². The van der Waals surface area contributed by atoms with Crippen molar-refractivity contribution in [2.24, 2.45) is 0 Å². The van der Waals surface area contributed by atoms with Gasteiger partial charge < -0.3 is 4.90 Å². The number of thioether (sulfide) groups is 1. The third kappa shape index (κ3) is 4.52. The van der Waals surface area contributed by atoms with E-state index < -0.39 is 10.0 Å². The van der Waals surface area contributed by atoms with Gasteiger partial charge in [0.05, 0.1) is 16.1 Å². The molecule has 28 heavy (non-hydrogen) atoms. The molecule has 1 aliphatic rings. The van der Waals surface area contributed by atoms with Gasteiger partial charge in [0.25, 0.3) is 15.9 Å². The quantitative estimate of drug-likeness (QED) is 0.706. The first kappa shape index (κ1) is 20.7. The molecule has 1 aliphatic heterocycles. The number of piperidine rings is 1. The van der Waals surface area contributed by atoms with Crippen LogP contribution >= 0.6 is 11.8 Å². The molecule has 0 saturated carbocycles. The largest absolute Gasteiger partial charge is 0.339 e. The lowest BCUT2D eigenvalue weighted by Gasteiger charge is -2.27. The molecule has 2 aromatic carbocycles. The van der Waals surface area contributed by atoms with E-state index in [9.17, 15) is 13.2 Å². The van der Waals surface area contributed by atoms with Gasteiger partial charge in [0.2, 0.25) is 0 Å². The highest BCUT2D eigenvalue weighted by atomic mass is 32.2. The molecule has 5 nitrogen and oxygen atoms in total. The SMILES string of the molecule is CCc1ccccc1NS(=O)(=O)c1ccc(SC)c(C(=O)N2CCCCC2)c1. The van der Waals surface area contributed by atoms with Gasteiger partial charge in [-0.25, -0.2) is 8.42 Å². The zero-order chi connectivity index (χ0) is 20.1. The highest BCUT2D eigenvalue weighted by Crippen LogP contribution is 2.28. The first-order valence-corrected chi connectivity index (χ1v) is 12.2. The summed E-state index contributed by atoms with van der Waals surface area (Å²) in [5, 5.41) is 0. The minimum Gasteiger partial charge on any atom is -0.339 e. The number of hydrogen-bond donors (Lipinski definition) is 1. The van der Waals surface area contributed by atoms with E-state index in [0.29, 0.717) is 11.3 Å². The molecule has 0 aromatic heterocycles. The number of anilines is 1. The number of carbonyl (C=O) groups excluding carboxylic acids is 1. The van der Waals surface area contributed by atoms with E-state index in [1.807, 2.05) is 30.2 Å². The third-order valence-corrected chi connectivity index (χ3v) is 7.16. The second-order valence-corrected chi connectivity index (χ2v) is 9.36. The number of nitrogens with one attached hydrogen (secondary N) is 1. The maximum atomic E-state index is 13.0. The topological polar surface area (TPSA) is 66.5 Å². The number of likely N-dealkylation sites (tertiary alicyclic amines) is 1. The summed E-state index contributed by atoms with van der Waals surface area (Å²) in [6.07, 6.45) is 5.74. The second-order valence-electron chi connectivity index (χ2n) is 6.83. The van der Waals surface area contributed by atoms with Crippen LogP contribution in [0, 0.1) is 0 Å². The molecular formula is C21H26N2O3S2. The molecule has 2 aromatic rings. The van der Waals surface area contributed by atoms with Crippen LogP contribution in [0.1, 0.15) is 42.1 Å². The standard InChI is InChI=1S/C21H26N2O3S2/c1-3-16-9-5-6-10-19(16)22-28(25,26)17-11-12-20(27-2)18(15-17)21(24)23-13-7-4-8-14-23/h5-6,9-12,15,22H,3-4,7-8,13-14H2,1-2H3.